The molecule has 5 nitrogen and oxygen atoms in total. The smallest absolute Gasteiger partial charge is 0.187 e. The van der Waals surface area contributed by atoms with Crippen LogP contribution < -0.4 is 5.32 Å². The van der Waals surface area contributed by atoms with Gasteiger partial charge in [-0.1, -0.05) is 24.3 Å². The van der Waals surface area contributed by atoms with Crippen molar-refractivity contribution in [1.29, 1.82) is 0 Å². The zero-order chi connectivity index (χ0) is 18.2. The SMILES string of the molecule is COCCN(Cc1cccnc1)Cc1csc(Nc2ccccc2C)n1. The second kappa shape index (κ2) is 9.43. The fraction of sp³-hybridized carbons (Fsp3) is 0.300. The first-order valence-corrected chi connectivity index (χ1v) is 9.50. The Morgan fingerprint density at radius 1 is 1.15 bits per heavy atom. The first-order valence-electron chi connectivity index (χ1n) is 8.62. The minimum atomic E-state index is 0.693. The van der Waals surface area contributed by atoms with E-state index in [9.17, 15) is 0 Å². The monoisotopic (exact) mass is 368 g/mol. The maximum Gasteiger partial charge on any atom is 0.187 e. The molecule has 136 valence electrons. The molecular formula is C20H24N4OS. The number of hydrogen-bond acceptors (Lipinski definition) is 6. The zero-order valence-corrected chi connectivity index (χ0v) is 16.0. The van der Waals surface area contributed by atoms with Crippen LogP contribution in [0.5, 0.6) is 0 Å². The minimum absolute atomic E-state index is 0.693. The average Bonchev–Trinajstić information content (AvgIpc) is 3.09. The van der Waals surface area contributed by atoms with Crippen molar-refractivity contribution in [2.75, 3.05) is 25.6 Å². The van der Waals surface area contributed by atoms with Crippen LogP contribution >= 0.6 is 11.3 Å². The van der Waals surface area contributed by atoms with Crippen LogP contribution in [0.2, 0.25) is 0 Å². The molecule has 0 saturated heterocycles. The molecule has 0 aliphatic heterocycles. The Kier molecular flexibility index (Phi) is 6.71. The van der Waals surface area contributed by atoms with Gasteiger partial charge in [0.25, 0.3) is 0 Å². The third-order valence-electron chi connectivity index (χ3n) is 4.06. The number of thiazole rings is 1. The van der Waals surface area contributed by atoms with Crippen LogP contribution in [0.4, 0.5) is 10.8 Å². The van der Waals surface area contributed by atoms with E-state index in [0.29, 0.717) is 6.61 Å². The molecule has 0 amide bonds. The molecule has 2 aromatic heterocycles. The molecule has 0 atom stereocenters. The molecule has 0 aliphatic rings. The van der Waals surface area contributed by atoms with E-state index in [1.807, 2.05) is 24.4 Å². The molecule has 1 N–H and O–H groups in total. The van der Waals surface area contributed by atoms with Crippen LogP contribution in [0.15, 0.2) is 54.2 Å². The van der Waals surface area contributed by atoms with Crippen LogP contribution in [-0.2, 0) is 17.8 Å². The highest BCUT2D eigenvalue weighted by Gasteiger charge is 2.11. The molecule has 3 aromatic rings. The van der Waals surface area contributed by atoms with Crippen molar-refractivity contribution in [3.05, 3.63) is 71.0 Å². The number of nitrogens with one attached hydrogen (secondary N) is 1. The molecule has 0 unspecified atom stereocenters. The second-order valence-corrected chi connectivity index (χ2v) is 7.01. The Morgan fingerprint density at radius 2 is 2.04 bits per heavy atom. The summed E-state index contributed by atoms with van der Waals surface area (Å²) in [6, 6.07) is 12.3. The normalized spacial score (nSPS) is 11.0. The quantitative estimate of drug-likeness (QED) is 0.612. The number of methoxy groups -OCH3 is 1. The van der Waals surface area contributed by atoms with Gasteiger partial charge in [0.2, 0.25) is 0 Å². The third-order valence-corrected chi connectivity index (χ3v) is 4.87. The summed E-state index contributed by atoms with van der Waals surface area (Å²) in [6.07, 6.45) is 3.71. The number of anilines is 2. The van der Waals surface area contributed by atoms with Crippen LogP contribution in [0, 0.1) is 6.92 Å². The van der Waals surface area contributed by atoms with Crippen molar-refractivity contribution in [1.82, 2.24) is 14.9 Å². The van der Waals surface area contributed by atoms with Gasteiger partial charge in [0.1, 0.15) is 0 Å². The fourth-order valence-electron chi connectivity index (χ4n) is 2.68. The number of aromatic nitrogens is 2. The van der Waals surface area contributed by atoms with Crippen molar-refractivity contribution in [3.63, 3.8) is 0 Å². The highest BCUT2D eigenvalue weighted by molar-refractivity contribution is 7.13. The lowest BCUT2D eigenvalue weighted by atomic mass is 10.2. The number of rotatable bonds is 9. The van der Waals surface area contributed by atoms with Gasteiger partial charge < -0.3 is 10.1 Å². The van der Waals surface area contributed by atoms with E-state index in [1.165, 1.54) is 11.1 Å². The fourth-order valence-corrected chi connectivity index (χ4v) is 3.39. The summed E-state index contributed by atoms with van der Waals surface area (Å²) in [5.41, 5.74) is 4.56. The van der Waals surface area contributed by atoms with Crippen molar-refractivity contribution in [2.45, 2.75) is 20.0 Å². The van der Waals surface area contributed by atoms with Crippen LogP contribution in [0.1, 0.15) is 16.8 Å². The number of hydrogen-bond donors (Lipinski definition) is 1. The lowest BCUT2D eigenvalue weighted by Gasteiger charge is -2.20. The van der Waals surface area contributed by atoms with E-state index in [0.717, 1.165) is 36.1 Å². The standard InChI is InChI=1S/C20H24N4OS/c1-16-6-3-4-8-19(16)23-20-22-18(15-26-20)14-24(10-11-25-2)13-17-7-5-9-21-12-17/h3-9,12,15H,10-11,13-14H2,1-2H3,(H,22,23). The Labute approximate surface area is 158 Å². The molecule has 2 heterocycles. The van der Waals surface area contributed by atoms with E-state index >= 15 is 0 Å². The van der Waals surface area contributed by atoms with E-state index in [2.05, 4.69) is 45.7 Å². The third kappa shape index (κ3) is 5.36. The van der Waals surface area contributed by atoms with Crippen molar-refractivity contribution in [2.24, 2.45) is 0 Å². The summed E-state index contributed by atoms with van der Waals surface area (Å²) in [6.45, 7) is 5.25. The van der Waals surface area contributed by atoms with Gasteiger partial charge in [-0.05, 0) is 30.2 Å². The Bertz CT molecular complexity index is 806. The molecule has 6 heteroatoms. The van der Waals surface area contributed by atoms with Crippen molar-refractivity contribution >= 4 is 22.2 Å². The van der Waals surface area contributed by atoms with E-state index in [4.69, 9.17) is 9.72 Å². The molecular weight excluding hydrogens is 344 g/mol. The molecule has 0 saturated carbocycles. The van der Waals surface area contributed by atoms with Gasteiger partial charge in [-0.2, -0.15) is 0 Å². The zero-order valence-electron chi connectivity index (χ0n) is 15.2. The second-order valence-electron chi connectivity index (χ2n) is 6.15. The van der Waals surface area contributed by atoms with Gasteiger partial charge in [-0.3, -0.25) is 9.88 Å². The summed E-state index contributed by atoms with van der Waals surface area (Å²) >= 11 is 1.63. The van der Waals surface area contributed by atoms with Gasteiger partial charge >= 0.3 is 0 Å². The molecule has 0 radical (unpaired) electrons. The van der Waals surface area contributed by atoms with Crippen LogP contribution in [0.25, 0.3) is 0 Å². The Balaban J connectivity index is 1.65. The number of ether oxygens (including phenoxy) is 1. The summed E-state index contributed by atoms with van der Waals surface area (Å²) in [5, 5.41) is 6.45. The van der Waals surface area contributed by atoms with Gasteiger partial charge in [-0.15, -0.1) is 11.3 Å². The van der Waals surface area contributed by atoms with Crippen molar-refractivity contribution in [3.8, 4) is 0 Å². The Hall–Kier alpha value is -2.28. The largest absolute Gasteiger partial charge is 0.383 e. The van der Waals surface area contributed by atoms with Gasteiger partial charge in [-0.25, -0.2) is 4.98 Å². The summed E-state index contributed by atoms with van der Waals surface area (Å²) in [5.74, 6) is 0. The predicted octanol–water partition coefficient (Wildman–Crippen LogP) is 4.24. The summed E-state index contributed by atoms with van der Waals surface area (Å²) in [7, 11) is 1.73. The lowest BCUT2D eigenvalue weighted by molar-refractivity contribution is 0.139. The molecule has 0 fully saturated rings. The number of para-hydroxylation sites is 1. The molecule has 0 spiro atoms. The first kappa shape index (κ1) is 18.5. The molecule has 0 bridgehead atoms. The van der Waals surface area contributed by atoms with Gasteiger partial charge in [0.05, 0.1) is 12.3 Å². The summed E-state index contributed by atoms with van der Waals surface area (Å²) < 4.78 is 5.26. The topological polar surface area (TPSA) is 50.3 Å². The summed E-state index contributed by atoms with van der Waals surface area (Å²) in [4.78, 5) is 11.3. The van der Waals surface area contributed by atoms with Crippen LogP contribution in [0.3, 0.4) is 0 Å². The van der Waals surface area contributed by atoms with Crippen LogP contribution in [-0.4, -0.2) is 35.1 Å². The van der Waals surface area contributed by atoms with Gasteiger partial charge in [0.15, 0.2) is 5.13 Å². The number of benzene rings is 1. The minimum Gasteiger partial charge on any atom is -0.383 e. The number of pyridine rings is 1. The van der Waals surface area contributed by atoms with E-state index in [1.54, 1.807) is 24.6 Å². The molecule has 3 rings (SSSR count). The molecule has 26 heavy (non-hydrogen) atoms. The van der Waals surface area contributed by atoms with E-state index in [-0.39, 0.29) is 0 Å². The maximum atomic E-state index is 5.26. The van der Waals surface area contributed by atoms with Gasteiger partial charge in [0, 0.05) is 50.2 Å². The number of nitrogens with zero attached hydrogens (tertiary/aromatic N) is 3. The number of aryl methyl sites for hydroxylation is 1. The average molecular weight is 369 g/mol. The predicted molar refractivity (Wildman–Crippen MR) is 107 cm³/mol. The lowest BCUT2D eigenvalue weighted by Crippen LogP contribution is -2.26. The Morgan fingerprint density at radius 3 is 2.81 bits per heavy atom. The molecule has 1 aromatic carbocycles. The highest BCUT2D eigenvalue weighted by atomic mass is 32.1. The van der Waals surface area contributed by atoms with E-state index < -0.39 is 0 Å². The maximum absolute atomic E-state index is 5.26. The highest BCUT2D eigenvalue weighted by Crippen LogP contribution is 2.24. The first-order chi connectivity index (χ1) is 12.7. The van der Waals surface area contributed by atoms with Crippen molar-refractivity contribution < 1.29 is 4.74 Å². The molecule has 0 aliphatic carbocycles.